The number of carbonyl (C=O) groups is 1. The second kappa shape index (κ2) is 9.28. The molecule has 9 heteroatoms. The van der Waals surface area contributed by atoms with Crippen LogP contribution in [0.2, 0.25) is 5.15 Å². The lowest BCUT2D eigenvalue weighted by molar-refractivity contribution is 0.174. The number of rotatable bonds is 6. The molecule has 6 nitrogen and oxygen atoms in total. The van der Waals surface area contributed by atoms with Gasteiger partial charge in [-0.05, 0) is 42.7 Å². The lowest BCUT2D eigenvalue weighted by Crippen LogP contribution is -2.44. The third-order valence-corrected chi connectivity index (χ3v) is 6.07. The molecule has 0 aliphatic rings. The summed E-state index contributed by atoms with van der Waals surface area (Å²) in [5.74, 6) is -0.321. The molecule has 0 aliphatic carbocycles. The highest BCUT2D eigenvalue weighted by atomic mass is 35.5. The molecular weight excluding hydrogens is 439 g/mol. The number of amides is 1. The van der Waals surface area contributed by atoms with Gasteiger partial charge in [0.25, 0.3) is 0 Å². The zero-order valence-corrected chi connectivity index (χ0v) is 19.3. The zero-order chi connectivity index (χ0) is 22.8. The first-order valence-electron chi connectivity index (χ1n) is 9.68. The lowest BCUT2D eigenvalue weighted by atomic mass is 9.84. The summed E-state index contributed by atoms with van der Waals surface area (Å²) < 4.78 is 15.9. The summed E-state index contributed by atoms with van der Waals surface area (Å²) in [6, 6.07) is 9.94. The minimum atomic E-state index is -1.08. The van der Waals surface area contributed by atoms with E-state index in [0.29, 0.717) is 28.5 Å². The first-order valence-corrected chi connectivity index (χ1v) is 10.9. The van der Waals surface area contributed by atoms with Crippen LogP contribution < -0.4 is 5.32 Å². The summed E-state index contributed by atoms with van der Waals surface area (Å²) in [5, 5.41) is 17.7. The minimum Gasteiger partial charge on any atom is -0.465 e. The number of aromatic nitrogens is 3. The van der Waals surface area contributed by atoms with Crippen LogP contribution >= 0.6 is 23.4 Å². The molecule has 1 aromatic carbocycles. The van der Waals surface area contributed by atoms with Gasteiger partial charge >= 0.3 is 6.09 Å². The van der Waals surface area contributed by atoms with Crippen molar-refractivity contribution in [3.63, 3.8) is 0 Å². The van der Waals surface area contributed by atoms with Crippen molar-refractivity contribution in [2.45, 2.75) is 50.1 Å². The van der Waals surface area contributed by atoms with Gasteiger partial charge in [0.15, 0.2) is 0 Å². The molecule has 1 amide bonds. The van der Waals surface area contributed by atoms with E-state index in [-0.39, 0.29) is 17.3 Å². The molecular formula is C22H24ClFN4O2S. The van der Waals surface area contributed by atoms with Crippen molar-refractivity contribution in [3.05, 3.63) is 64.8 Å². The van der Waals surface area contributed by atoms with E-state index in [0.717, 1.165) is 9.92 Å². The quantitative estimate of drug-likeness (QED) is 0.456. The highest BCUT2D eigenvalue weighted by Gasteiger charge is 2.28. The van der Waals surface area contributed by atoms with Crippen molar-refractivity contribution in [2.75, 3.05) is 0 Å². The van der Waals surface area contributed by atoms with Gasteiger partial charge in [0.2, 0.25) is 0 Å². The molecule has 164 valence electrons. The van der Waals surface area contributed by atoms with E-state index in [1.165, 1.54) is 17.8 Å². The van der Waals surface area contributed by atoms with Crippen molar-refractivity contribution in [2.24, 2.45) is 5.41 Å². The summed E-state index contributed by atoms with van der Waals surface area (Å²) in [6.45, 7) is 7.61. The van der Waals surface area contributed by atoms with Gasteiger partial charge in [-0.2, -0.15) is 5.10 Å². The molecule has 0 spiro atoms. The normalized spacial score (nSPS) is 12.6. The Hall–Kier alpha value is -2.58. The van der Waals surface area contributed by atoms with Gasteiger partial charge in [-0.15, -0.1) is 0 Å². The molecule has 31 heavy (non-hydrogen) atoms. The average molecular weight is 463 g/mol. The fraction of sp³-hybridized carbons (Fsp3) is 0.318. The Labute approximate surface area is 189 Å². The van der Waals surface area contributed by atoms with Gasteiger partial charge in [-0.25, -0.2) is 18.9 Å². The predicted molar refractivity (Wildman–Crippen MR) is 120 cm³/mol. The highest BCUT2D eigenvalue weighted by Crippen LogP contribution is 2.32. The first-order chi connectivity index (χ1) is 14.5. The number of nitrogens with zero attached hydrogens (tertiary/aromatic N) is 3. The molecule has 0 saturated heterocycles. The number of hydrogen-bond acceptors (Lipinski definition) is 4. The second-order valence-corrected chi connectivity index (χ2v) is 9.74. The summed E-state index contributed by atoms with van der Waals surface area (Å²) in [5.41, 5.74) is 1.48. The monoisotopic (exact) mass is 462 g/mol. The predicted octanol–water partition coefficient (Wildman–Crippen LogP) is 5.74. The number of hydrogen-bond donors (Lipinski definition) is 2. The second-order valence-electron chi connectivity index (χ2n) is 8.26. The Bertz CT molecular complexity index is 1080. The van der Waals surface area contributed by atoms with Gasteiger partial charge in [-0.1, -0.05) is 50.2 Å². The molecule has 2 heterocycles. The fourth-order valence-corrected chi connectivity index (χ4v) is 4.07. The molecule has 3 aromatic rings. The molecule has 0 aliphatic heterocycles. The third-order valence-electron chi connectivity index (χ3n) is 4.87. The van der Waals surface area contributed by atoms with Gasteiger partial charge < -0.3 is 10.4 Å². The number of nitrogens with one attached hydrogen (secondary N) is 1. The molecule has 0 saturated carbocycles. The van der Waals surface area contributed by atoms with E-state index >= 15 is 0 Å². The van der Waals surface area contributed by atoms with Gasteiger partial charge in [0, 0.05) is 29.1 Å². The highest BCUT2D eigenvalue weighted by molar-refractivity contribution is 7.99. The Kier molecular flexibility index (Phi) is 6.91. The Balaban J connectivity index is 2.03. The molecule has 2 N–H and O–H groups in total. The Morgan fingerprint density at radius 2 is 2.06 bits per heavy atom. The molecule has 3 rings (SSSR count). The number of benzene rings is 1. The molecule has 1 atom stereocenters. The average Bonchev–Trinajstić information content (AvgIpc) is 3.06. The summed E-state index contributed by atoms with van der Waals surface area (Å²) in [6.07, 6.45) is 0.970. The van der Waals surface area contributed by atoms with Crippen molar-refractivity contribution in [1.82, 2.24) is 20.1 Å². The van der Waals surface area contributed by atoms with Crippen LogP contribution in [0.4, 0.5) is 9.18 Å². The minimum absolute atomic E-state index is 0.315. The Morgan fingerprint density at radius 3 is 2.68 bits per heavy atom. The van der Waals surface area contributed by atoms with Crippen LogP contribution in [-0.4, -0.2) is 32.0 Å². The van der Waals surface area contributed by atoms with Crippen LogP contribution in [0.1, 0.15) is 32.0 Å². The van der Waals surface area contributed by atoms with Gasteiger partial charge in [-0.3, -0.25) is 0 Å². The molecule has 0 fully saturated rings. The largest absolute Gasteiger partial charge is 0.465 e. The van der Waals surface area contributed by atoms with Crippen LogP contribution in [0, 0.1) is 18.2 Å². The summed E-state index contributed by atoms with van der Waals surface area (Å²) >= 11 is 7.31. The van der Waals surface area contributed by atoms with Crippen LogP contribution in [0.5, 0.6) is 0 Å². The van der Waals surface area contributed by atoms with E-state index < -0.39 is 6.09 Å². The van der Waals surface area contributed by atoms with Crippen LogP contribution in [0.25, 0.3) is 5.69 Å². The first kappa shape index (κ1) is 23.1. The maximum absolute atomic E-state index is 14.2. The van der Waals surface area contributed by atoms with Crippen LogP contribution in [0.15, 0.2) is 52.5 Å². The maximum Gasteiger partial charge on any atom is 0.404 e. The fourth-order valence-electron chi connectivity index (χ4n) is 3.06. The van der Waals surface area contributed by atoms with Crippen molar-refractivity contribution in [3.8, 4) is 5.69 Å². The summed E-state index contributed by atoms with van der Waals surface area (Å²) in [4.78, 5) is 16.2. The van der Waals surface area contributed by atoms with E-state index in [1.54, 1.807) is 36.0 Å². The van der Waals surface area contributed by atoms with Gasteiger partial charge in [0.1, 0.15) is 16.0 Å². The van der Waals surface area contributed by atoms with Gasteiger partial charge in [0.05, 0.1) is 11.4 Å². The smallest absolute Gasteiger partial charge is 0.404 e. The van der Waals surface area contributed by atoms with Crippen molar-refractivity contribution < 1.29 is 14.3 Å². The molecule has 2 aromatic heterocycles. The van der Waals surface area contributed by atoms with Crippen LogP contribution in [-0.2, 0) is 6.42 Å². The zero-order valence-electron chi connectivity index (χ0n) is 17.7. The SMILES string of the molecule is Cc1c(F)cccc1-n1nc(CC(NC(=O)O)C(C)(C)C)cc1Sc1ccc(Cl)nc1. The van der Waals surface area contributed by atoms with E-state index in [1.807, 2.05) is 32.9 Å². The topological polar surface area (TPSA) is 80.0 Å². The van der Waals surface area contributed by atoms with E-state index in [2.05, 4.69) is 10.3 Å². The lowest BCUT2D eigenvalue weighted by Gasteiger charge is -2.29. The van der Waals surface area contributed by atoms with Crippen LogP contribution in [0.3, 0.4) is 0 Å². The van der Waals surface area contributed by atoms with Crippen molar-refractivity contribution in [1.29, 1.82) is 0 Å². The Morgan fingerprint density at radius 1 is 1.32 bits per heavy atom. The summed E-state index contributed by atoms with van der Waals surface area (Å²) in [7, 11) is 0. The molecule has 0 radical (unpaired) electrons. The number of halogens is 2. The standard InChI is InChI=1S/C22H24ClFN4O2S/c1-13-16(24)6-5-7-17(13)28-20(31-15-8-9-19(23)25-12-15)11-14(27-28)10-18(22(2,3)4)26-21(29)30/h5-9,11-12,18,26H,10H2,1-4H3,(H,29,30). The molecule has 0 bridgehead atoms. The van der Waals surface area contributed by atoms with Crippen molar-refractivity contribution >= 4 is 29.5 Å². The number of pyridine rings is 1. The third kappa shape index (κ3) is 5.77. The molecule has 1 unspecified atom stereocenters. The maximum atomic E-state index is 14.2. The van der Waals surface area contributed by atoms with E-state index in [4.69, 9.17) is 16.7 Å². The van der Waals surface area contributed by atoms with E-state index in [9.17, 15) is 14.3 Å². The number of carboxylic acid groups (broad SMARTS) is 1.